The van der Waals surface area contributed by atoms with Crippen LogP contribution in [-0.2, 0) is 9.84 Å². The number of benzene rings is 1. The molecule has 12 heteroatoms. The monoisotopic (exact) mass is 589 g/mol. The molecule has 0 bridgehead atoms. The van der Waals surface area contributed by atoms with Crippen molar-refractivity contribution in [2.75, 3.05) is 48.9 Å². The zero-order valence-corrected chi connectivity index (χ0v) is 25.4. The normalized spacial score (nSPS) is 20.3. The highest BCUT2D eigenvalue weighted by Crippen LogP contribution is 2.38. The van der Waals surface area contributed by atoms with Gasteiger partial charge in [-0.2, -0.15) is 5.10 Å². The number of hydrogen-bond acceptors (Lipinski definition) is 10. The first-order chi connectivity index (χ1) is 20.1. The van der Waals surface area contributed by atoms with Crippen LogP contribution >= 0.6 is 0 Å². The van der Waals surface area contributed by atoms with Crippen molar-refractivity contribution in [1.82, 2.24) is 29.6 Å². The van der Waals surface area contributed by atoms with E-state index in [1.807, 2.05) is 30.7 Å². The van der Waals surface area contributed by atoms with Crippen molar-refractivity contribution in [3.8, 4) is 11.4 Å². The van der Waals surface area contributed by atoms with Crippen molar-refractivity contribution in [3.63, 3.8) is 0 Å². The average Bonchev–Trinajstić information content (AvgIpc) is 3.45. The number of nitrogens with zero attached hydrogens (tertiary/aromatic N) is 7. The lowest BCUT2D eigenvalue weighted by Gasteiger charge is -2.47. The molecule has 222 valence electrons. The number of likely N-dealkylation sites (tertiary alicyclic amines) is 1. The fourth-order valence-corrected chi connectivity index (χ4v) is 7.16. The fraction of sp³-hybridized carbons (Fsp3) is 0.467. The molecule has 11 nitrogen and oxygen atoms in total. The van der Waals surface area contributed by atoms with Crippen LogP contribution in [0, 0.1) is 5.92 Å². The molecule has 0 saturated carbocycles. The second-order valence-corrected chi connectivity index (χ2v) is 14.3. The van der Waals surface area contributed by atoms with E-state index in [0.29, 0.717) is 36.0 Å². The minimum Gasteiger partial charge on any atom is -0.355 e. The van der Waals surface area contributed by atoms with Crippen LogP contribution in [0.2, 0.25) is 0 Å². The maximum atomic E-state index is 11.8. The van der Waals surface area contributed by atoms with Gasteiger partial charge in [0.25, 0.3) is 0 Å². The van der Waals surface area contributed by atoms with E-state index < -0.39 is 9.84 Å². The lowest BCUT2D eigenvalue weighted by molar-refractivity contribution is 0.212. The molecule has 0 unspecified atom stereocenters. The maximum Gasteiger partial charge on any atom is 0.164 e. The van der Waals surface area contributed by atoms with Crippen LogP contribution in [-0.4, -0.2) is 82.9 Å². The van der Waals surface area contributed by atoms with Crippen molar-refractivity contribution in [2.24, 2.45) is 11.7 Å². The number of pyridine rings is 1. The highest BCUT2D eigenvalue weighted by atomic mass is 32.2. The van der Waals surface area contributed by atoms with Crippen molar-refractivity contribution in [3.05, 3.63) is 54.6 Å². The first-order valence-electron chi connectivity index (χ1n) is 14.5. The van der Waals surface area contributed by atoms with Gasteiger partial charge < -0.3 is 20.9 Å². The van der Waals surface area contributed by atoms with E-state index in [1.54, 1.807) is 6.20 Å². The summed E-state index contributed by atoms with van der Waals surface area (Å²) in [7, 11) is -0.932. The molecule has 0 radical (unpaired) electrons. The fourth-order valence-electron chi connectivity index (χ4n) is 6.08. The number of rotatable bonds is 8. The summed E-state index contributed by atoms with van der Waals surface area (Å²) in [6.45, 7) is 7.08. The predicted molar refractivity (Wildman–Crippen MR) is 167 cm³/mol. The van der Waals surface area contributed by atoms with E-state index in [0.717, 1.165) is 48.0 Å². The van der Waals surface area contributed by atoms with Gasteiger partial charge in [0, 0.05) is 48.4 Å². The van der Waals surface area contributed by atoms with Gasteiger partial charge in [0.15, 0.2) is 5.82 Å². The topological polar surface area (TPSA) is 135 Å². The van der Waals surface area contributed by atoms with Crippen LogP contribution in [0.3, 0.4) is 0 Å². The van der Waals surface area contributed by atoms with Crippen LogP contribution in [0.5, 0.6) is 0 Å². The summed E-state index contributed by atoms with van der Waals surface area (Å²) in [5.41, 5.74) is 9.50. The molecule has 1 aromatic carbocycles. The van der Waals surface area contributed by atoms with Gasteiger partial charge in [-0.1, -0.05) is 19.9 Å². The van der Waals surface area contributed by atoms with Crippen molar-refractivity contribution in [1.29, 1.82) is 0 Å². The largest absolute Gasteiger partial charge is 0.355 e. The van der Waals surface area contributed by atoms with Gasteiger partial charge in [-0.25, -0.2) is 23.4 Å². The first kappa shape index (κ1) is 28.5. The second-order valence-electron chi connectivity index (χ2n) is 12.1. The third-order valence-corrected chi connectivity index (χ3v) is 9.50. The van der Waals surface area contributed by atoms with Crippen LogP contribution in [0.1, 0.15) is 44.2 Å². The third-order valence-electron chi connectivity index (χ3n) is 8.47. The van der Waals surface area contributed by atoms with E-state index >= 15 is 0 Å². The number of piperidine rings is 1. The van der Waals surface area contributed by atoms with Gasteiger partial charge in [-0.15, -0.1) is 0 Å². The Morgan fingerprint density at radius 3 is 2.57 bits per heavy atom. The molecule has 0 amide bonds. The van der Waals surface area contributed by atoms with Crippen molar-refractivity contribution >= 4 is 37.9 Å². The SMILES string of the molecule is CC(C)c1ccc(N2C[C@H](CS(C)(=O)=O)[C@H]2N)c2cnc(Nc3ccnc(-c4cnn(C5CCN(C)CC5)c4)n3)cc12. The molecule has 3 N–H and O–H groups in total. The minimum atomic E-state index is -3.09. The number of nitrogens with one attached hydrogen (secondary N) is 1. The summed E-state index contributed by atoms with van der Waals surface area (Å²) >= 11 is 0. The summed E-state index contributed by atoms with van der Waals surface area (Å²) in [4.78, 5) is 18.4. The van der Waals surface area contributed by atoms with Gasteiger partial charge in [0.1, 0.15) is 21.5 Å². The molecule has 5 heterocycles. The number of aromatic nitrogens is 5. The van der Waals surface area contributed by atoms with Gasteiger partial charge in [-0.3, -0.25) is 4.68 Å². The molecule has 42 heavy (non-hydrogen) atoms. The number of anilines is 3. The second kappa shape index (κ2) is 11.2. The number of hydrogen-bond donors (Lipinski definition) is 2. The summed E-state index contributed by atoms with van der Waals surface area (Å²) in [6.07, 6.45) is 10.6. The molecule has 6 rings (SSSR count). The van der Waals surface area contributed by atoms with E-state index in [-0.39, 0.29) is 17.8 Å². The molecule has 2 aliphatic rings. The van der Waals surface area contributed by atoms with E-state index in [1.165, 1.54) is 11.8 Å². The van der Waals surface area contributed by atoms with Crippen LogP contribution in [0.25, 0.3) is 22.2 Å². The van der Waals surface area contributed by atoms with Gasteiger partial charge in [-0.05, 0) is 68.0 Å². The summed E-state index contributed by atoms with van der Waals surface area (Å²) in [5.74, 6) is 2.24. The molecule has 3 aromatic heterocycles. The van der Waals surface area contributed by atoms with E-state index in [4.69, 9.17) is 15.7 Å². The minimum absolute atomic E-state index is 0.0860. The smallest absolute Gasteiger partial charge is 0.164 e. The average molecular weight is 590 g/mol. The summed E-state index contributed by atoms with van der Waals surface area (Å²) < 4.78 is 25.7. The number of sulfone groups is 1. The molecule has 2 atom stereocenters. The van der Waals surface area contributed by atoms with Crippen LogP contribution < -0.4 is 16.0 Å². The highest BCUT2D eigenvalue weighted by molar-refractivity contribution is 7.90. The molecular formula is C30H39N9O2S. The highest BCUT2D eigenvalue weighted by Gasteiger charge is 2.39. The molecule has 0 spiro atoms. The predicted octanol–water partition coefficient (Wildman–Crippen LogP) is 3.79. The van der Waals surface area contributed by atoms with E-state index in [9.17, 15) is 8.42 Å². The molecule has 2 aliphatic heterocycles. The van der Waals surface area contributed by atoms with Gasteiger partial charge in [0.2, 0.25) is 0 Å². The molecule has 2 fully saturated rings. The lowest BCUT2D eigenvalue weighted by atomic mass is 9.92. The van der Waals surface area contributed by atoms with Crippen LogP contribution in [0.4, 0.5) is 17.3 Å². The third kappa shape index (κ3) is 5.83. The molecular weight excluding hydrogens is 550 g/mol. The van der Waals surface area contributed by atoms with Crippen LogP contribution in [0.15, 0.2) is 49.1 Å². The molecule has 4 aromatic rings. The zero-order chi connectivity index (χ0) is 29.6. The lowest BCUT2D eigenvalue weighted by Crippen LogP contribution is -2.63. The Kier molecular flexibility index (Phi) is 7.62. The Morgan fingerprint density at radius 1 is 1.07 bits per heavy atom. The summed E-state index contributed by atoms with van der Waals surface area (Å²) in [5, 5.41) is 10.1. The number of nitrogens with two attached hydrogens (primary N) is 1. The Bertz CT molecular complexity index is 1700. The Labute approximate surface area is 247 Å². The van der Waals surface area contributed by atoms with Gasteiger partial charge >= 0.3 is 0 Å². The Hall–Kier alpha value is -3.61. The number of fused-ring (bicyclic) bond motifs is 1. The van der Waals surface area contributed by atoms with Crippen molar-refractivity contribution in [2.45, 2.75) is 44.8 Å². The van der Waals surface area contributed by atoms with Gasteiger partial charge in [0.05, 0.1) is 29.7 Å². The first-order valence-corrected chi connectivity index (χ1v) is 16.6. The Morgan fingerprint density at radius 2 is 1.86 bits per heavy atom. The quantitative estimate of drug-likeness (QED) is 0.313. The zero-order valence-electron chi connectivity index (χ0n) is 24.6. The van der Waals surface area contributed by atoms with E-state index in [2.05, 4.69) is 62.9 Å². The van der Waals surface area contributed by atoms with Crippen molar-refractivity contribution < 1.29 is 8.42 Å². The Balaban J connectivity index is 1.24. The summed E-state index contributed by atoms with van der Waals surface area (Å²) in [6, 6.07) is 8.48. The molecule has 0 aliphatic carbocycles. The molecule has 2 saturated heterocycles. The maximum absolute atomic E-state index is 11.8. The standard InChI is InChI=1S/C30H39N9O2S/c1-19(2)23-5-6-26(38-16-21(29(38)31)18-42(4,40)41)25-15-33-28(13-24(23)25)35-27-7-10-32-30(36-27)20-14-34-39(17-20)22-8-11-37(3)12-9-22/h5-7,10,13-15,17,19,21-22,29H,8-9,11-12,16,18,31H2,1-4H3,(H,32,33,35,36)/t21-,29+/m1/s1.